The van der Waals surface area contributed by atoms with Crippen LogP contribution in [0.15, 0.2) is 0 Å². The summed E-state index contributed by atoms with van der Waals surface area (Å²) >= 11 is 0. The molecule has 4 bridgehead atoms. The van der Waals surface area contributed by atoms with Crippen LogP contribution in [-0.2, 0) is 9.59 Å². The molecular weight excluding hydrogens is 218 g/mol. The van der Waals surface area contributed by atoms with E-state index in [1.54, 1.807) is 0 Å². The van der Waals surface area contributed by atoms with E-state index in [-0.39, 0.29) is 17.9 Å². The van der Waals surface area contributed by atoms with E-state index in [0.29, 0.717) is 0 Å². The van der Waals surface area contributed by atoms with E-state index in [9.17, 15) is 9.59 Å². The second kappa shape index (κ2) is 3.72. The molecule has 0 aromatic heterocycles. The molecular formula is C13H19NO3. The number of hydrogen-bond acceptors (Lipinski definition) is 2. The molecule has 0 aromatic carbocycles. The molecule has 4 nitrogen and oxygen atoms in total. The maximum absolute atomic E-state index is 12.2. The van der Waals surface area contributed by atoms with E-state index in [4.69, 9.17) is 5.11 Å². The van der Waals surface area contributed by atoms with Gasteiger partial charge in [-0.05, 0) is 56.3 Å². The summed E-state index contributed by atoms with van der Waals surface area (Å²) in [6.07, 6.45) is 6.86. The molecule has 0 unspecified atom stereocenters. The smallest absolute Gasteiger partial charge is 0.322 e. The molecule has 0 heterocycles. The van der Waals surface area contributed by atoms with Crippen molar-refractivity contribution < 1.29 is 14.7 Å². The first-order valence-electron chi connectivity index (χ1n) is 6.57. The first-order valence-corrected chi connectivity index (χ1v) is 6.57. The van der Waals surface area contributed by atoms with E-state index < -0.39 is 5.97 Å². The Morgan fingerprint density at radius 3 is 1.94 bits per heavy atom. The second-order valence-corrected chi connectivity index (χ2v) is 6.27. The van der Waals surface area contributed by atoms with Crippen LogP contribution in [0.5, 0.6) is 0 Å². The number of aliphatic carboxylic acids is 1. The molecule has 1 amide bonds. The fourth-order valence-electron chi connectivity index (χ4n) is 4.73. The van der Waals surface area contributed by atoms with E-state index in [1.807, 2.05) is 0 Å². The van der Waals surface area contributed by atoms with Gasteiger partial charge in [0, 0.05) is 5.41 Å². The fourth-order valence-corrected chi connectivity index (χ4v) is 4.73. The number of rotatable bonds is 3. The van der Waals surface area contributed by atoms with Gasteiger partial charge in [0.1, 0.15) is 6.54 Å². The van der Waals surface area contributed by atoms with Gasteiger partial charge in [0.15, 0.2) is 0 Å². The molecule has 4 heteroatoms. The van der Waals surface area contributed by atoms with Crippen LogP contribution in [0.3, 0.4) is 0 Å². The highest BCUT2D eigenvalue weighted by Gasteiger charge is 2.54. The van der Waals surface area contributed by atoms with Crippen LogP contribution in [0, 0.1) is 23.2 Å². The molecule has 4 rings (SSSR count). The van der Waals surface area contributed by atoms with Crippen molar-refractivity contribution in [2.75, 3.05) is 6.54 Å². The highest BCUT2D eigenvalue weighted by atomic mass is 16.4. The molecule has 4 saturated carbocycles. The number of hydrogen-bond donors (Lipinski definition) is 2. The standard InChI is InChI=1S/C13H19NO3/c15-11(16)7-14-12(17)13-4-8-1-9(5-13)3-10(2-8)6-13/h8-10H,1-7H2,(H,14,17)(H,15,16). The maximum Gasteiger partial charge on any atom is 0.322 e. The van der Waals surface area contributed by atoms with Gasteiger partial charge in [0.05, 0.1) is 0 Å². The lowest BCUT2D eigenvalue weighted by Gasteiger charge is -2.55. The predicted molar refractivity (Wildman–Crippen MR) is 61.3 cm³/mol. The van der Waals surface area contributed by atoms with Gasteiger partial charge in [-0.3, -0.25) is 9.59 Å². The molecule has 0 spiro atoms. The van der Waals surface area contributed by atoms with E-state index in [0.717, 1.165) is 37.0 Å². The quantitative estimate of drug-likeness (QED) is 0.779. The summed E-state index contributed by atoms with van der Waals surface area (Å²) in [5, 5.41) is 11.2. The molecule has 17 heavy (non-hydrogen) atoms. The summed E-state index contributed by atoms with van der Waals surface area (Å²) in [6.45, 7) is -0.236. The minimum absolute atomic E-state index is 0.000926. The second-order valence-electron chi connectivity index (χ2n) is 6.27. The third-order valence-corrected chi connectivity index (χ3v) is 4.92. The first-order chi connectivity index (χ1) is 8.07. The predicted octanol–water partition coefficient (Wildman–Crippen LogP) is 1.40. The van der Waals surface area contributed by atoms with Crippen molar-refractivity contribution in [1.82, 2.24) is 5.32 Å². The van der Waals surface area contributed by atoms with Gasteiger partial charge >= 0.3 is 5.97 Å². The normalized spacial score (nSPS) is 42.5. The Bertz CT molecular complexity index is 328. The van der Waals surface area contributed by atoms with Crippen molar-refractivity contribution >= 4 is 11.9 Å². The van der Waals surface area contributed by atoms with Crippen LogP contribution in [-0.4, -0.2) is 23.5 Å². The number of carbonyl (C=O) groups excluding carboxylic acids is 1. The lowest BCUT2D eigenvalue weighted by atomic mass is 9.49. The van der Waals surface area contributed by atoms with Gasteiger partial charge in [0.2, 0.25) is 5.91 Å². The average molecular weight is 237 g/mol. The van der Waals surface area contributed by atoms with Crippen molar-refractivity contribution in [3.8, 4) is 0 Å². The van der Waals surface area contributed by atoms with Crippen molar-refractivity contribution in [2.45, 2.75) is 38.5 Å². The zero-order valence-corrected chi connectivity index (χ0v) is 9.95. The topological polar surface area (TPSA) is 66.4 Å². The monoisotopic (exact) mass is 237 g/mol. The number of amides is 1. The van der Waals surface area contributed by atoms with Crippen LogP contribution < -0.4 is 5.32 Å². The third-order valence-electron chi connectivity index (χ3n) is 4.92. The summed E-state index contributed by atoms with van der Waals surface area (Å²) in [5.41, 5.74) is -0.218. The SMILES string of the molecule is O=C(O)CNC(=O)C12CC3CC(CC(C3)C1)C2. The zero-order chi connectivity index (χ0) is 12.0. The Morgan fingerprint density at radius 1 is 1.06 bits per heavy atom. The van der Waals surface area contributed by atoms with Gasteiger partial charge in [-0.1, -0.05) is 0 Å². The Morgan fingerprint density at radius 2 is 1.53 bits per heavy atom. The van der Waals surface area contributed by atoms with Crippen molar-refractivity contribution in [1.29, 1.82) is 0 Å². The lowest BCUT2D eigenvalue weighted by molar-refractivity contribution is -0.149. The van der Waals surface area contributed by atoms with E-state index in [2.05, 4.69) is 5.32 Å². The minimum Gasteiger partial charge on any atom is -0.480 e. The number of carbonyl (C=O) groups is 2. The highest BCUT2D eigenvalue weighted by Crippen LogP contribution is 2.60. The summed E-state index contributed by atoms with van der Waals surface area (Å²) in [5.74, 6) is 1.20. The van der Waals surface area contributed by atoms with Gasteiger partial charge in [0.25, 0.3) is 0 Å². The van der Waals surface area contributed by atoms with Crippen LogP contribution in [0.4, 0.5) is 0 Å². The largest absolute Gasteiger partial charge is 0.480 e. The molecule has 4 aliphatic carbocycles. The molecule has 0 aliphatic heterocycles. The van der Waals surface area contributed by atoms with Crippen molar-refractivity contribution in [2.24, 2.45) is 23.2 Å². The molecule has 0 saturated heterocycles. The number of carboxylic acid groups (broad SMARTS) is 1. The minimum atomic E-state index is -0.955. The van der Waals surface area contributed by atoms with E-state index >= 15 is 0 Å². The van der Waals surface area contributed by atoms with Crippen LogP contribution in [0.1, 0.15) is 38.5 Å². The summed E-state index contributed by atoms with van der Waals surface area (Å²) in [6, 6.07) is 0. The molecule has 4 fully saturated rings. The molecule has 0 aromatic rings. The Kier molecular flexibility index (Phi) is 2.42. The van der Waals surface area contributed by atoms with Crippen molar-refractivity contribution in [3.63, 3.8) is 0 Å². The first kappa shape index (κ1) is 11.1. The summed E-state index contributed by atoms with van der Waals surface area (Å²) in [7, 11) is 0. The molecule has 94 valence electrons. The van der Waals surface area contributed by atoms with Gasteiger partial charge < -0.3 is 10.4 Å². The van der Waals surface area contributed by atoms with E-state index in [1.165, 1.54) is 19.3 Å². The van der Waals surface area contributed by atoms with Gasteiger partial charge in [-0.2, -0.15) is 0 Å². The van der Waals surface area contributed by atoms with Gasteiger partial charge in [-0.15, -0.1) is 0 Å². The van der Waals surface area contributed by atoms with Crippen LogP contribution in [0.2, 0.25) is 0 Å². The molecule has 0 atom stereocenters. The van der Waals surface area contributed by atoms with Crippen LogP contribution in [0.25, 0.3) is 0 Å². The number of carboxylic acids is 1. The fraction of sp³-hybridized carbons (Fsp3) is 0.846. The highest BCUT2D eigenvalue weighted by molar-refractivity contribution is 5.86. The third kappa shape index (κ3) is 1.83. The molecule has 4 aliphatic rings. The number of nitrogens with one attached hydrogen (secondary N) is 1. The average Bonchev–Trinajstić information content (AvgIpc) is 2.23. The summed E-state index contributed by atoms with van der Waals surface area (Å²) < 4.78 is 0. The maximum atomic E-state index is 12.2. The zero-order valence-electron chi connectivity index (χ0n) is 9.95. The molecule has 2 N–H and O–H groups in total. The summed E-state index contributed by atoms with van der Waals surface area (Å²) in [4.78, 5) is 22.7. The van der Waals surface area contributed by atoms with Crippen molar-refractivity contribution in [3.05, 3.63) is 0 Å². The lowest BCUT2D eigenvalue weighted by Crippen LogP contribution is -2.54. The Balaban J connectivity index is 1.73. The van der Waals surface area contributed by atoms with Crippen LogP contribution >= 0.6 is 0 Å². The molecule has 0 radical (unpaired) electrons. The Hall–Kier alpha value is -1.06. The van der Waals surface area contributed by atoms with Gasteiger partial charge in [-0.25, -0.2) is 0 Å². The Labute approximate surface area is 101 Å².